The maximum atomic E-state index is 14.5. The van der Waals surface area contributed by atoms with Gasteiger partial charge >= 0.3 is 5.65 Å². The highest BCUT2D eigenvalue weighted by molar-refractivity contribution is 7.96. The van der Waals surface area contributed by atoms with E-state index in [0.29, 0.717) is 17.5 Å². The van der Waals surface area contributed by atoms with E-state index in [4.69, 9.17) is 0 Å². The van der Waals surface area contributed by atoms with E-state index in [1.165, 1.54) is 82.4 Å². The molecule has 1 amide bonds. The van der Waals surface area contributed by atoms with Crippen LogP contribution in [0.5, 0.6) is 0 Å². The summed E-state index contributed by atoms with van der Waals surface area (Å²) in [6.45, 7) is 15.4. The molecular weight excluding hydrogens is 433 g/mol. The molecule has 0 aliphatic heterocycles. The molecule has 0 fully saturated rings. The molecule has 0 unspecified atom stereocenters. The fraction of sp³-hybridized carbons (Fsp3) is 0.774. The number of hydrogen-bond donors (Lipinski definition) is 0. The molecule has 0 bridgehead atoms. The number of hydrogen-bond acceptors (Lipinski definition) is 1. The second kappa shape index (κ2) is 18.4. The van der Waals surface area contributed by atoms with Crippen molar-refractivity contribution in [2.24, 2.45) is 11.8 Å². The van der Waals surface area contributed by atoms with Gasteiger partial charge in [0.25, 0.3) is 0 Å². The molecule has 0 spiro atoms. The highest BCUT2D eigenvalue weighted by Gasteiger charge is 2.50. The summed E-state index contributed by atoms with van der Waals surface area (Å²) in [5.74, 6) is 1.01. The van der Waals surface area contributed by atoms with Gasteiger partial charge in [0.1, 0.15) is 12.6 Å². The molecule has 0 aliphatic rings. The van der Waals surface area contributed by atoms with E-state index in [0.717, 1.165) is 25.4 Å². The molecule has 1 rings (SSSR count). The Bertz CT molecular complexity index is 602. The molecular formula is C31H57NOP+. The van der Waals surface area contributed by atoms with Gasteiger partial charge in [-0.15, -0.1) is 0 Å². The maximum Gasteiger partial charge on any atom is 0.367 e. The summed E-state index contributed by atoms with van der Waals surface area (Å²) in [4.78, 5) is 16.8. The van der Waals surface area contributed by atoms with Crippen molar-refractivity contribution in [2.75, 3.05) is 25.4 Å². The van der Waals surface area contributed by atoms with Gasteiger partial charge in [-0.1, -0.05) is 111 Å². The lowest BCUT2D eigenvalue weighted by molar-refractivity contribution is 0.206. The summed E-state index contributed by atoms with van der Waals surface area (Å²) in [6, 6.07) is 11.0. The third-order valence-corrected chi connectivity index (χ3v) is 11.3. The molecule has 1 aromatic rings. The van der Waals surface area contributed by atoms with Crippen molar-refractivity contribution in [3.63, 3.8) is 0 Å². The van der Waals surface area contributed by atoms with Crippen LogP contribution >= 0.6 is 7.26 Å². The molecule has 0 N–H and O–H groups in total. The Morgan fingerprint density at radius 1 is 0.676 bits per heavy atom. The average molecular weight is 491 g/mol. The number of amides is 1. The van der Waals surface area contributed by atoms with Crippen LogP contribution < -0.4 is 5.30 Å². The Morgan fingerprint density at radius 2 is 1.09 bits per heavy atom. The Kier molecular flexibility index (Phi) is 16.9. The standard InChI is InChI=1S/C31H57NOP/c1-7-9-11-13-15-20-24-34(30-22-18-17-19-23-30,25-21-16-14-12-10-8-2)31(33)32(26-28(3)4)27-29(5)6/h17-19,22-23,28-29H,7-16,20-21,24-27H2,1-6H3/q+1. The molecule has 0 aromatic heterocycles. The first-order valence-electron chi connectivity index (χ1n) is 14.6. The van der Waals surface area contributed by atoms with E-state index in [1.54, 1.807) is 0 Å². The van der Waals surface area contributed by atoms with Gasteiger partial charge in [0.2, 0.25) is 0 Å². The zero-order valence-corrected chi connectivity index (χ0v) is 24.6. The summed E-state index contributed by atoms with van der Waals surface area (Å²) in [5.41, 5.74) is 0.503. The minimum absolute atomic E-state index is 0.503. The smallest absolute Gasteiger partial charge is 0.309 e. The maximum absolute atomic E-state index is 14.5. The number of carbonyl (C=O) groups is 1. The average Bonchev–Trinajstić information content (AvgIpc) is 2.81. The minimum Gasteiger partial charge on any atom is -0.309 e. The van der Waals surface area contributed by atoms with Crippen LogP contribution in [0.1, 0.15) is 119 Å². The number of rotatable bonds is 20. The topological polar surface area (TPSA) is 20.3 Å². The molecule has 0 aliphatic carbocycles. The van der Waals surface area contributed by atoms with E-state index in [1.807, 2.05) is 0 Å². The normalized spacial score (nSPS) is 12.0. The van der Waals surface area contributed by atoms with Crippen molar-refractivity contribution >= 4 is 18.2 Å². The van der Waals surface area contributed by atoms with E-state index in [9.17, 15) is 4.79 Å². The monoisotopic (exact) mass is 490 g/mol. The Hall–Kier alpha value is -0.880. The van der Waals surface area contributed by atoms with Crippen molar-refractivity contribution in [3.05, 3.63) is 30.3 Å². The molecule has 2 nitrogen and oxygen atoms in total. The predicted molar refractivity (Wildman–Crippen MR) is 156 cm³/mol. The summed E-state index contributed by atoms with van der Waals surface area (Å²) in [7, 11) is -1.93. The fourth-order valence-corrected chi connectivity index (χ4v) is 9.41. The lowest BCUT2D eigenvalue weighted by Gasteiger charge is -2.33. The molecule has 196 valence electrons. The first kappa shape index (κ1) is 31.2. The first-order valence-corrected chi connectivity index (χ1v) is 16.7. The van der Waals surface area contributed by atoms with Crippen LogP contribution in [0.3, 0.4) is 0 Å². The van der Waals surface area contributed by atoms with Gasteiger partial charge in [0, 0.05) is 13.1 Å². The van der Waals surface area contributed by atoms with E-state index in [-0.39, 0.29) is 0 Å². The fourth-order valence-electron chi connectivity index (χ4n) is 5.09. The Labute approximate surface area is 214 Å². The molecule has 0 heterocycles. The lowest BCUT2D eigenvalue weighted by atomic mass is 10.1. The van der Waals surface area contributed by atoms with E-state index < -0.39 is 7.26 Å². The van der Waals surface area contributed by atoms with E-state index in [2.05, 4.69) is 76.8 Å². The summed E-state index contributed by atoms with van der Waals surface area (Å²) >= 11 is 0. The largest absolute Gasteiger partial charge is 0.367 e. The van der Waals surface area contributed by atoms with Crippen molar-refractivity contribution in [1.29, 1.82) is 0 Å². The zero-order chi connectivity index (χ0) is 25.2. The zero-order valence-electron chi connectivity index (χ0n) is 23.7. The highest BCUT2D eigenvalue weighted by atomic mass is 31.2. The molecule has 0 saturated heterocycles. The van der Waals surface area contributed by atoms with Gasteiger partial charge in [-0.3, -0.25) is 0 Å². The third-order valence-electron chi connectivity index (χ3n) is 6.84. The Morgan fingerprint density at radius 3 is 1.50 bits per heavy atom. The van der Waals surface area contributed by atoms with Gasteiger partial charge in [-0.05, 0) is 49.7 Å². The van der Waals surface area contributed by atoms with Crippen molar-refractivity contribution in [1.82, 2.24) is 4.90 Å². The van der Waals surface area contributed by atoms with Crippen molar-refractivity contribution < 1.29 is 4.79 Å². The number of unbranched alkanes of at least 4 members (excludes halogenated alkanes) is 10. The molecule has 0 radical (unpaired) electrons. The SMILES string of the molecule is CCCCCCCC[P+](CCCCCCCC)(C(=O)N(CC(C)C)CC(C)C)c1ccccc1. The molecule has 3 heteroatoms. The second-order valence-electron chi connectivity index (χ2n) is 11.3. The molecule has 1 aromatic carbocycles. The lowest BCUT2D eigenvalue weighted by Crippen LogP contribution is -2.41. The second-order valence-corrected chi connectivity index (χ2v) is 15.0. The molecule has 0 atom stereocenters. The summed E-state index contributed by atoms with van der Waals surface area (Å²) in [5, 5.41) is 1.36. The van der Waals surface area contributed by atoms with Gasteiger partial charge < -0.3 is 4.90 Å². The summed E-state index contributed by atoms with van der Waals surface area (Å²) in [6.07, 6.45) is 17.7. The van der Waals surface area contributed by atoms with Gasteiger partial charge in [0.15, 0.2) is 0 Å². The van der Waals surface area contributed by atoms with Crippen molar-refractivity contribution in [2.45, 2.75) is 119 Å². The van der Waals surface area contributed by atoms with Crippen LogP contribution in [0.15, 0.2) is 30.3 Å². The van der Waals surface area contributed by atoms with Crippen LogP contribution in [0.2, 0.25) is 0 Å². The summed E-state index contributed by atoms with van der Waals surface area (Å²) < 4.78 is 0. The van der Waals surface area contributed by atoms with Gasteiger partial charge in [-0.2, -0.15) is 0 Å². The van der Waals surface area contributed by atoms with Gasteiger partial charge in [0.05, 0.1) is 12.3 Å². The number of benzene rings is 1. The number of carbonyl (C=O) groups excluding carboxylic acids is 1. The number of nitrogens with zero attached hydrogens (tertiary/aromatic N) is 1. The van der Waals surface area contributed by atoms with E-state index >= 15 is 0 Å². The predicted octanol–water partition coefficient (Wildman–Crippen LogP) is 9.78. The van der Waals surface area contributed by atoms with Crippen LogP contribution in [0.4, 0.5) is 4.79 Å². The molecule has 34 heavy (non-hydrogen) atoms. The van der Waals surface area contributed by atoms with Crippen molar-refractivity contribution in [3.8, 4) is 0 Å². The van der Waals surface area contributed by atoms with Crippen LogP contribution in [0, 0.1) is 11.8 Å². The van der Waals surface area contributed by atoms with Crippen LogP contribution in [0.25, 0.3) is 0 Å². The highest BCUT2D eigenvalue weighted by Crippen LogP contribution is 2.61. The molecule has 0 saturated carbocycles. The van der Waals surface area contributed by atoms with Crippen LogP contribution in [-0.4, -0.2) is 36.0 Å². The first-order chi connectivity index (χ1) is 16.4. The third kappa shape index (κ3) is 11.7. The van der Waals surface area contributed by atoms with Gasteiger partial charge in [-0.25, -0.2) is 4.79 Å². The minimum atomic E-state index is -1.93. The quantitative estimate of drug-likeness (QED) is 0.131. The Balaban J connectivity index is 3.18. The van der Waals surface area contributed by atoms with Crippen LogP contribution in [-0.2, 0) is 0 Å².